The zero-order valence-electron chi connectivity index (χ0n) is 7.19. The van der Waals surface area contributed by atoms with E-state index in [1.54, 1.807) is 0 Å². The maximum atomic E-state index is 9.87. The first-order valence-electron chi connectivity index (χ1n) is 3.94. The highest BCUT2D eigenvalue weighted by Gasteiger charge is 2.09. The SMILES string of the molecule is NC(=NNC=O)NN1CCOCC1. The fourth-order valence-electron chi connectivity index (χ4n) is 0.958. The molecule has 1 heterocycles. The van der Waals surface area contributed by atoms with E-state index < -0.39 is 0 Å². The molecular formula is C6H13N5O2. The molecule has 0 spiro atoms. The number of nitrogens with two attached hydrogens (primary N) is 1. The number of hydrogen-bond donors (Lipinski definition) is 3. The van der Waals surface area contributed by atoms with Crippen LogP contribution in [0.2, 0.25) is 0 Å². The van der Waals surface area contributed by atoms with Crippen LogP contribution in [0.15, 0.2) is 5.10 Å². The maximum absolute atomic E-state index is 9.87. The molecule has 74 valence electrons. The molecule has 1 aliphatic heterocycles. The summed E-state index contributed by atoms with van der Waals surface area (Å²) in [4.78, 5) is 9.87. The van der Waals surface area contributed by atoms with Gasteiger partial charge in [0.05, 0.1) is 13.2 Å². The topological polar surface area (TPSA) is 92.0 Å². The van der Waals surface area contributed by atoms with Crippen LogP contribution in [0.1, 0.15) is 0 Å². The molecule has 0 radical (unpaired) electrons. The number of amides is 1. The summed E-state index contributed by atoms with van der Waals surface area (Å²) in [6.45, 7) is 2.83. The summed E-state index contributed by atoms with van der Waals surface area (Å²) in [5, 5.41) is 5.39. The van der Waals surface area contributed by atoms with E-state index in [9.17, 15) is 4.79 Å². The average Bonchev–Trinajstić information content (AvgIpc) is 2.16. The Balaban J connectivity index is 2.25. The summed E-state index contributed by atoms with van der Waals surface area (Å²) in [6.07, 6.45) is 0.452. The average molecular weight is 187 g/mol. The first kappa shape index (κ1) is 9.75. The summed E-state index contributed by atoms with van der Waals surface area (Å²) in [5.41, 5.74) is 10.3. The first-order valence-corrected chi connectivity index (χ1v) is 3.94. The molecule has 1 aliphatic rings. The summed E-state index contributed by atoms with van der Waals surface area (Å²) >= 11 is 0. The molecule has 1 fully saturated rings. The Bertz CT molecular complexity index is 189. The Morgan fingerprint density at radius 2 is 2.23 bits per heavy atom. The standard InChI is InChI=1S/C6H13N5O2/c7-6(9-8-5-12)10-11-1-3-13-4-2-11/h5H,1-4H2,(H,8,12)(H3,7,9,10). The number of guanidine groups is 1. The van der Waals surface area contributed by atoms with Crippen molar-refractivity contribution in [2.24, 2.45) is 10.8 Å². The molecular weight excluding hydrogens is 174 g/mol. The summed E-state index contributed by atoms with van der Waals surface area (Å²) in [5.74, 6) is 0.161. The van der Waals surface area contributed by atoms with Crippen molar-refractivity contribution < 1.29 is 9.53 Å². The van der Waals surface area contributed by atoms with Crippen molar-refractivity contribution in [1.82, 2.24) is 15.9 Å². The molecule has 7 nitrogen and oxygen atoms in total. The van der Waals surface area contributed by atoms with Crippen LogP contribution in [0.25, 0.3) is 0 Å². The van der Waals surface area contributed by atoms with Gasteiger partial charge in [-0.3, -0.25) is 10.2 Å². The lowest BCUT2D eigenvalue weighted by molar-refractivity contribution is -0.109. The fraction of sp³-hybridized carbons (Fsp3) is 0.667. The molecule has 0 aliphatic carbocycles. The van der Waals surface area contributed by atoms with Crippen molar-refractivity contribution in [3.63, 3.8) is 0 Å². The van der Waals surface area contributed by atoms with Crippen molar-refractivity contribution in [2.45, 2.75) is 0 Å². The van der Waals surface area contributed by atoms with Crippen molar-refractivity contribution in [2.75, 3.05) is 26.3 Å². The minimum atomic E-state index is 0.161. The Kier molecular flexibility index (Phi) is 4.00. The Hall–Kier alpha value is -1.34. The van der Waals surface area contributed by atoms with Gasteiger partial charge in [0, 0.05) is 13.1 Å². The maximum Gasteiger partial charge on any atom is 0.227 e. The third kappa shape index (κ3) is 3.72. The van der Waals surface area contributed by atoms with E-state index in [-0.39, 0.29) is 5.96 Å². The summed E-state index contributed by atoms with van der Waals surface area (Å²) in [6, 6.07) is 0. The van der Waals surface area contributed by atoms with E-state index >= 15 is 0 Å². The zero-order chi connectivity index (χ0) is 9.52. The third-order valence-corrected chi connectivity index (χ3v) is 1.52. The second-order valence-corrected chi connectivity index (χ2v) is 2.46. The van der Waals surface area contributed by atoms with Gasteiger partial charge < -0.3 is 10.5 Å². The van der Waals surface area contributed by atoms with Crippen LogP contribution in [-0.2, 0) is 9.53 Å². The number of carbonyl (C=O) groups excluding carboxylic acids is 1. The molecule has 0 aromatic rings. The Labute approximate surface area is 75.9 Å². The molecule has 1 amide bonds. The van der Waals surface area contributed by atoms with E-state index in [1.807, 2.05) is 5.01 Å². The van der Waals surface area contributed by atoms with Crippen LogP contribution >= 0.6 is 0 Å². The lowest BCUT2D eigenvalue weighted by Gasteiger charge is -2.26. The minimum absolute atomic E-state index is 0.161. The summed E-state index contributed by atoms with van der Waals surface area (Å²) < 4.78 is 5.13. The second kappa shape index (κ2) is 5.33. The van der Waals surface area contributed by atoms with Gasteiger partial charge in [0.2, 0.25) is 12.4 Å². The number of nitrogens with zero attached hydrogens (tertiary/aromatic N) is 2. The number of hydrogen-bond acceptors (Lipinski definition) is 4. The van der Waals surface area contributed by atoms with E-state index in [1.165, 1.54) is 0 Å². The van der Waals surface area contributed by atoms with Crippen molar-refractivity contribution in [3.8, 4) is 0 Å². The van der Waals surface area contributed by atoms with Crippen molar-refractivity contribution in [3.05, 3.63) is 0 Å². The largest absolute Gasteiger partial charge is 0.379 e. The lowest BCUT2D eigenvalue weighted by atomic mass is 10.5. The molecule has 13 heavy (non-hydrogen) atoms. The molecule has 4 N–H and O–H groups in total. The van der Waals surface area contributed by atoms with Crippen LogP contribution in [0.4, 0.5) is 0 Å². The molecule has 0 aromatic heterocycles. The van der Waals surface area contributed by atoms with Crippen LogP contribution in [0, 0.1) is 0 Å². The number of hydrazone groups is 1. The van der Waals surface area contributed by atoms with E-state index in [2.05, 4.69) is 16.0 Å². The van der Waals surface area contributed by atoms with Crippen LogP contribution in [0.3, 0.4) is 0 Å². The van der Waals surface area contributed by atoms with Crippen LogP contribution in [-0.4, -0.2) is 43.7 Å². The number of hydrazine groups is 1. The first-order chi connectivity index (χ1) is 6.33. The van der Waals surface area contributed by atoms with Gasteiger partial charge in [-0.05, 0) is 0 Å². The molecule has 0 bridgehead atoms. The molecule has 0 unspecified atom stereocenters. The third-order valence-electron chi connectivity index (χ3n) is 1.52. The highest BCUT2D eigenvalue weighted by molar-refractivity contribution is 5.77. The van der Waals surface area contributed by atoms with Gasteiger partial charge in [-0.25, -0.2) is 10.4 Å². The van der Waals surface area contributed by atoms with E-state index in [0.717, 1.165) is 13.1 Å². The van der Waals surface area contributed by atoms with Crippen molar-refractivity contribution in [1.29, 1.82) is 0 Å². The fourth-order valence-corrected chi connectivity index (χ4v) is 0.958. The summed E-state index contributed by atoms with van der Waals surface area (Å²) in [7, 11) is 0. The molecule has 0 saturated carbocycles. The monoisotopic (exact) mass is 187 g/mol. The van der Waals surface area contributed by atoms with Gasteiger partial charge in [0.15, 0.2) is 0 Å². The van der Waals surface area contributed by atoms with Crippen LogP contribution < -0.4 is 16.6 Å². The predicted octanol–water partition coefficient (Wildman–Crippen LogP) is -2.20. The number of nitrogens with one attached hydrogen (secondary N) is 2. The Morgan fingerprint density at radius 1 is 1.54 bits per heavy atom. The van der Waals surface area contributed by atoms with E-state index in [4.69, 9.17) is 10.5 Å². The lowest BCUT2D eigenvalue weighted by Crippen LogP contribution is -2.51. The normalized spacial score (nSPS) is 19.5. The highest BCUT2D eigenvalue weighted by Crippen LogP contribution is 1.90. The Morgan fingerprint density at radius 3 is 2.85 bits per heavy atom. The number of ether oxygens (including phenoxy) is 1. The van der Waals surface area contributed by atoms with Crippen LogP contribution in [0.5, 0.6) is 0 Å². The minimum Gasteiger partial charge on any atom is -0.379 e. The van der Waals surface area contributed by atoms with Gasteiger partial charge in [0.1, 0.15) is 0 Å². The van der Waals surface area contributed by atoms with Gasteiger partial charge in [-0.1, -0.05) is 0 Å². The molecule has 1 saturated heterocycles. The van der Waals surface area contributed by atoms with Crippen molar-refractivity contribution >= 4 is 12.4 Å². The quantitative estimate of drug-likeness (QED) is 0.202. The second-order valence-electron chi connectivity index (χ2n) is 2.46. The molecule has 0 aromatic carbocycles. The van der Waals surface area contributed by atoms with Gasteiger partial charge >= 0.3 is 0 Å². The molecule has 1 rings (SSSR count). The molecule has 0 atom stereocenters. The van der Waals surface area contributed by atoms with E-state index in [0.29, 0.717) is 19.6 Å². The van der Waals surface area contributed by atoms with Gasteiger partial charge in [-0.2, -0.15) is 0 Å². The predicted molar refractivity (Wildman–Crippen MR) is 46.3 cm³/mol. The number of rotatable bonds is 3. The number of morpholine rings is 1. The van der Waals surface area contributed by atoms with Gasteiger partial charge in [0.25, 0.3) is 0 Å². The smallest absolute Gasteiger partial charge is 0.227 e. The highest BCUT2D eigenvalue weighted by atomic mass is 16.5. The zero-order valence-corrected chi connectivity index (χ0v) is 7.19. The number of carbonyl (C=O) groups is 1. The van der Waals surface area contributed by atoms with Gasteiger partial charge in [-0.15, -0.1) is 5.10 Å². The molecule has 7 heteroatoms.